The highest BCUT2D eigenvalue weighted by Gasteiger charge is 2.16. The number of fused-ring (bicyclic) bond motifs is 5. The fourth-order valence-electron chi connectivity index (χ4n) is 9.41. The van der Waals surface area contributed by atoms with E-state index in [0.717, 1.165) is 17.1 Å². The molecule has 0 saturated heterocycles. The van der Waals surface area contributed by atoms with Crippen molar-refractivity contribution in [1.82, 2.24) is 0 Å². The molecule has 0 radical (unpaired) electrons. The molecule has 1 heterocycles. The Morgan fingerprint density at radius 2 is 0.750 bits per heavy atom. The first-order valence-corrected chi connectivity index (χ1v) is 22.7. The van der Waals surface area contributed by atoms with Crippen LogP contribution in [0.15, 0.2) is 249 Å². The van der Waals surface area contributed by atoms with Crippen LogP contribution < -0.4 is 4.90 Å². The molecule has 300 valence electrons. The van der Waals surface area contributed by atoms with E-state index in [9.17, 15) is 0 Å². The summed E-state index contributed by atoms with van der Waals surface area (Å²) in [4.78, 5) is 2.38. The number of nitrogens with zero attached hydrogens (tertiary/aromatic N) is 1. The number of rotatable bonds is 8. The van der Waals surface area contributed by atoms with E-state index in [1.807, 2.05) is 11.3 Å². The van der Waals surface area contributed by atoms with Crippen molar-refractivity contribution < 1.29 is 0 Å². The van der Waals surface area contributed by atoms with E-state index >= 15 is 0 Å². The van der Waals surface area contributed by atoms with Crippen molar-refractivity contribution >= 4 is 70.1 Å². The number of benzene rings is 11. The largest absolute Gasteiger partial charge is 0.310 e. The average Bonchev–Trinajstić information content (AvgIpc) is 3.76. The van der Waals surface area contributed by atoms with Crippen LogP contribution in [0.5, 0.6) is 0 Å². The Labute approximate surface area is 377 Å². The van der Waals surface area contributed by atoms with Crippen molar-refractivity contribution in [3.8, 4) is 55.6 Å². The summed E-state index contributed by atoms with van der Waals surface area (Å²) in [6, 6.07) is 90.9. The van der Waals surface area contributed by atoms with Gasteiger partial charge in [-0.25, -0.2) is 0 Å². The molecule has 0 spiro atoms. The SMILES string of the molecule is c1cc(-c2ccc(N(c3ccc(-c4ccc(-c5cccc6ccccc56)cc4)cc3)c3cccc(-c4ccc5ccccc5c4)c3)cc2)cc(-c2cccc3c2sc2ccccc23)c1. The first-order valence-electron chi connectivity index (χ1n) is 21.9. The van der Waals surface area contributed by atoms with Gasteiger partial charge in [0.1, 0.15) is 0 Å². The van der Waals surface area contributed by atoms with Crippen LogP contribution in [-0.4, -0.2) is 0 Å². The van der Waals surface area contributed by atoms with E-state index in [-0.39, 0.29) is 0 Å². The molecule has 0 aliphatic heterocycles. The Balaban J connectivity index is 0.897. The lowest BCUT2D eigenvalue weighted by Gasteiger charge is -2.26. The third kappa shape index (κ3) is 6.91. The van der Waals surface area contributed by atoms with Crippen molar-refractivity contribution in [3.63, 3.8) is 0 Å². The molecule has 0 amide bonds. The van der Waals surface area contributed by atoms with E-state index in [1.54, 1.807) is 0 Å². The monoisotopic (exact) mass is 831 g/mol. The molecule has 0 atom stereocenters. The van der Waals surface area contributed by atoms with Gasteiger partial charge in [0.05, 0.1) is 0 Å². The summed E-state index contributed by atoms with van der Waals surface area (Å²) < 4.78 is 2.66. The van der Waals surface area contributed by atoms with Gasteiger partial charge in [0.25, 0.3) is 0 Å². The Morgan fingerprint density at radius 3 is 1.53 bits per heavy atom. The second-order valence-electron chi connectivity index (χ2n) is 16.5. The number of hydrogen-bond donors (Lipinski definition) is 0. The van der Waals surface area contributed by atoms with Gasteiger partial charge >= 0.3 is 0 Å². The molecule has 0 N–H and O–H groups in total. The summed E-state index contributed by atoms with van der Waals surface area (Å²) in [5.74, 6) is 0. The van der Waals surface area contributed by atoms with Crippen LogP contribution in [-0.2, 0) is 0 Å². The highest BCUT2D eigenvalue weighted by Crippen LogP contribution is 2.42. The summed E-state index contributed by atoms with van der Waals surface area (Å²) >= 11 is 1.88. The van der Waals surface area contributed by atoms with E-state index in [1.165, 1.54) is 97.4 Å². The van der Waals surface area contributed by atoms with Gasteiger partial charge in [0.2, 0.25) is 0 Å². The minimum atomic E-state index is 1.10. The molecule has 0 bridgehead atoms. The lowest BCUT2D eigenvalue weighted by molar-refractivity contribution is 1.28. The molecule has 64 heavy (non-hydrogen) atoms. The zero-order valence-electron chi connectivity index (χ0n) is 35.0. The van der Waals surface area contributed by atoms with Crippen LogP contribution in [0.25, 0.3) is 97.4 Å². The molecule has 0 saturated carbocycles. The molecule has 0 aliphatic rings. The minimum absolute atomic E-state index is 1.10. The smallest absolute Gasteiger partial charge is 0.0467 e. The summed E-state index contributed by atoms with van der Waals surface area (Å²) in [7, 11) is 0. The van der Waals surface area contributed by atoms with Crippen molar-refractivity contribution in [2.75, 3.05) is 4.90 Å². The lowest BCUT2D eigenvalue weighted by Crippen LogP contribution is -2.10. The quantitative estimate of drug-likeness (QED) is 0.147. The molecular formula is C62H41NS. The Hall–Kier alpha value is -8.04. The standard InChI is InChI=1S/C62H41NS/c1-2-13-48-39-51(30-27-42(48)11-1)50-16-8-18-55(41-50)63(53-35-31-44(32-36-53)43-25-28-47(29-26-43)57-21-9-14-46-12-3-4-19-56(46)57)54-37-33-45(34-38-54)49-15-7-17-52(40-49)58-22-10-23-60-59-20-5-6-24-61(59)64-62(58)60/h1-41H. The summed E-state index contributed by atoms with van der Waals surface area (Å²) in [6.45, 7) is 0. The third-order valence-electron chi connectivity index (χ3n) is 12.7. The maximum Gasteiger partial charge on any atom is 0.0467 e. The second-order valence-corrected chi connectivity index (χ2v) is 17.6. The Morgan fingerprint density at radius 1 is 0.250 bits per heavy atom. The molecule has 2 heteroatoms. The molecule has 0 unspecified atom stereocenters. The minimum Gasteiger partial charge on any atom is -0.310 e. The zero-order valence-corrected chi connectivity index (χ0v) is 35.8. The molecule has 0 fully saturated rings. The second kappa shape index (κ2) is 16.0. The van der Waals surface area contributed by atoms with Crippen molar-refractivity contribution in [2.45, 2.75) is 0 Å². The zero-order chi connectivity index (χ0) is 42.4. The maximum absolute atomic E-state index is 2.38. The van der Waals surface area contributed by atoms with Crippen LogP contribution in [0.3, 0.4) is 0 Å². The van der Waals surface area contributed by atoms with Crippen LogP contribution in [0, 0.1) is 0 Å². The van der Waals surface area contributed by atoms with Crippen molar-refractivity contribution in [2.24, 2.45) is 0 Å². The molecule has 1 nitrogen and oxygen atoms in total. The number of hydrogen-bond acceptors (Lipinski definition) is 2. The van der Waals surface area contributed by atoms with Crippen LogP contribution >= 0.6 is 11.3 Å². The average molecular weight is 832 g/mol. The number of thiophene rings is 1. The summed E-state index contributed by atoms with van der Waals surface area (Å²) in [5.41, 5.74) is 15.4. The van der Waals surface area contributed by atoms with Gasteiger partial charge in [0, 0.05) is 37.2 Å². The Bertz CT molecular complexity index is 3650. The summed E-state index contributed by atoms with van der Waals surface area (Å²) in [5, 5.41) is 7.66. The fourth-order valence-corrected chi connectivity index (χ4v) is 10.6. The van der Waals surface area contributed by atoms with E-state index in [2.05, 4.69) is 254 Å². The normalized spacial score (nSPS) is 11.4. The molecule has 1 aromatic heterocycles. The fraction of sp³-hybridized carbons (Fsp3) is 0. The number of anilines is 3. The lowest BCUT2D eigenvalue weighted by atomic mass is 9.96. The van der Waals surface area contributed by atoms with Gasteiger partial charge in [0.15, 0.2) is 0 Å². The first kappa shape index (κ1) is 37.7. The summed E-state index contributed by atoms with van der Waals surface area (Å²) in [6.07, 6.45) is 0. The Kier molecular flexibility index (Phi) is 9.43. The highest BCUT2D eigenvalue weighted by molar-refractivity contribution is 7.26. The highest BCUT2D eigenvalue weighted by atomic mass is 32.1. The van der Waals surface area contributed by atoms with Gasteiger partial charge in [-0.1, -0.05) is 194 Å². The van der Waals surface area contributed by atoms with Gasteiger partial charge in [-0.15, -0.1) is 11.3 Å². The van der Waals surface area contributed by atoms with Gasteiger partial charge in [-0.05, 0) is 132 Å². The maximum atomic E-state index is 2.38. The predicted octanol–water partition coefficient (Wildman–Crippen LogP) is 18.2. The van der Waals surface area contributed by atoms with Gasteiger partial charge in [-0.3, -0.25) is 0 Å². The molecule has 12 aromatic rings. The topological polar surface area (TPSA) is 3.24 Å². The molecule has 11 aromatic carbocycles. The first-order chi connectivity index (χ1) is 31.7. The van der Waals surface area contributed by atoms with Crippen molar-refractivity contribution in [1.29, 1.82) is 0 Å². The third-order valence-corrected chi connectivity index (χ3v) is 13.9. The van der Waals surface area contributed by atoms with Crippen molar-refractivity contribution in [3.05, 3.63) is 249 Å². The molecule has 12 rings (SSSR count). The van der Waals surface area contributed by atoms with E-state index in [0.29, 0.717) is 0 Å². The molecular weight excluding hydrogens is 791 g/mol. The van der Waals surface area contributed by atoms with Crippen LogP contribution in [0.4, 0.5) is 17.1 Å². The van der Waals surface area contributed by atoms with Crippen LogP contribution in [0.2, 0.25) is 0 Å². The van der Waals surface area contributed by atoms with Gasteiger partial charge < -0.3 is 4.90 Å². The van der Waals surface area contributed by atoms with Gasteiger partial charge in [-0.2, -0.15) is 0 Å². The predicted molar refractivity (Wildman–Crippen MR) is 276 cm³/mol. The van der Waals surface area contributed by atoms with E-state index in [4.69, 9.17) is 0 Å². The van der Waals surface area contributed by atoms with E-state index < -0.39 is 0 Å². The molecule has 0 aliphatic carbocycles. The van der Waals surface area contributed by atoms with Crippen LogP contribution in [0.1, 0.15) is 0 Å².